The molecule has 0 spiro atoms. The number of carbonyl (C=O) groups is 1. The fraction of sp³-hybridized carbons (Fsp3) is 0.143. The summed E-state index contributed by atoms with van der Waals surface area (Å²) < 4.78 is 44.3. The maximum atomic E-state index is 13.6. The van der Waals surface area contributed by atoms with Gasteiger partial charge in [-0.25, -0.2) is 13.2 Å². The molecule has 1 amide bonds. The van der Waals surface area contributed by atoms with Crippen molar-refractivity contribution < 1.29 is 22.4 Å². The number of rotatable bonds is 5. The van der Waals surface area contributed by atoms with Crippen molar-refractivity contribution in [3.63, 3.8) is 0 Å². The van der Waals surface area contributed by atoms with Gasteiger partial charge in [0.1, 0.15) is 4.34 Å². The Balaban J connectivity index is 1.86. The summed E-state index contributed by atoms with van der Waals surface area (Å²) in [6.07, 6.45) is -0.826. The van der Waals surface area contributed by atoms with Crippen LogP contribution in [0.1, 0.15) is 9.67 Å². The minimum absolute atomic E-state index is 0.113. The third-order valence-corrected chi connectivity index (χ3v) is 4.49. The van der Waals surface area contributed by atoms with Crippen LogP contribution in [-0.2, 0) is 6.54 Å². The van der Waals surface area contributed by atoms with E-state index >= 15 is 0 Å². The lowest BCUT2D eigenvalue weighted by molar-refractivity contribution is 0.103. The highest BCUT2D eigenvalue weighted by atomic mass is 35.5. The molecular weight excluding hydrogens is 397 g/mol. The van der Waals surface area contributed by atoms with Crippen molar-refractivity contribution >= 4 is 34.5 Å². The summed E-state index contributed by atoms with van der Waals surface area (Å²) >= 11 is 6.94. The molecule has 7 nitrogen and oxygen atoms in total. The van der Waals surface area contributed by atoms with Crippen LogP contribution in [0.4, 0.5) is 18.9 Å². The van der Waals surface area contributed by atoms with Gasteiger partial charge in [-0.1, -0.05) is 11.6 Å². The van der Waals surface area contributed by atoms with Crippen LogP contribution in [0.2, 0.25) is 4.34 Å². The second-order valence-electron chi connectivity index (χ2n) is 4.92. The van der Waals surface area contributed by atoms with E-state index in [1.54, 1.807) is 0 Å². The molecule has 12 heteroatoms. The molecule has 0 bridgehead atoms. The zero-order chi connectivity index (χ0) is 18.8. The van der Waals surface area contributed by atoms with E-state index in [2.05, 4.69) is 15.5 Å². The number of aromatic nitrogens is 3. The molecule has 0 aliphatic heterocycles. The highest BCUT2D eigenvalue weighted by Crippen LogP contribution is 2.34. The third kappa shape index (κ3) is 3.78. The molecular formula is C14H8ClF3N4O3S. The monoisotopic (exact) mass is 404 g/mol. The fourth-order valence-electron chi connectivity index (χ4n) is 2.06. The standard InChI is InChI=1S/C14H8ClF3N4O3S/c15-11-7(13-21-19-5-25-13)2-9(26-11)12(23)20-6-1-8(16)14(24)22(3-6)4-10(17)18/h1-3,5,10H,4H2,(H,20,23). The summed E-state index contributed by atoms with van der Waals surface area (Å²) in [5, 5.41) is 9.51. The minimum Gasteiger partial charge on any atom is -0.423 e. The first-order chi connectivity index (χ1) is 12.3. The van der Waals surface area contributed by atoms with Gasteiger partial charge in [-0.2, -0.15) is 0 Å². The highest BCUT2D eigenvalue weighted by molar-refractivity contribution is 7.18. The van der Waals surface area contributed by atoms with E-state index < -0.39 is 30.3 Å². The molecule has 0 saturated heterocycles. The Bertz CT molecular complexity index is 1000. The Morgan fingerprint density at radius 3 is 2.85 bits per heavy atom. The Hall–Kier alpha value is -2.66. The molecule has 0 fully saturated rings. The number of carbonyl (C=O) groups excluding carboxylic acids is 1. The maximum Gasteiger partial charge on any atom is 0.286 e. The number of alkyl halides is 2. The van der Waals surface area contributed by atoms with Crippen LogP contribution >= 0.6 is 22.9 Å². The van der Waals surface area contributed by atoms with Crippen LogP contribution in [0.15, 0.2) is 33.9 Å². The number of hydrogen-bond donors (Lipinski definition) is 1. The van der Waals surface area contributed by atoms with Gasteiger partial charge in [0.25, 0.3) is 17.9 Å². The summed E-state index contributed by atoms with van der Waals surface area (Å²) in [5.74, 6) is -1.83. The molecule has 3 rings (SSSR count). The molecule has 3 heterocycles. The van der Waals surface area contributed by atoms with Gasteiger partial charge in [0.15, 0.2) is 5.82 Å². The van der Waals surface area contributed by atoms with Gasteiger partial charge in [-0.05, 0) is 6.07 Å². The molecule has 0 aliphatic rings. The van der Waals surface area contributed by atoms with Crippen molar-refractivity contribution in [3.05, 3.63) is 50.1 Å². The zero-order valence-corrected chi connectivity index (χ0v) is 14.2. The first-order valence-corrected chi connectivity index (χ1v) is 8.10. The van der Waals surface area contributed by atoms with Crippen molar-refractivity contribution in [1.29, 1.82) is 0 Å². The van der Waals surface area contributed by atoms with Crippen molar-refractivity contribution in [2.45, 2.75) is 13.0 Å². The molecule has 3 aromatic rings. The van der Waals surface area contributed by atoms with E-state index in [1.807, 2.05) is 0 Å². The van der Waals surface area contributed by atoms with E-state index in [1.165, 1.54) is 6.07 Å². The number of amides is 1. The number of halogens is 4. The van der Waals surface area contributed by atoms with Crippen LogP contribution in [0.25, 0.3) is 11.5 Å². The van der Waals surface area contributed by atoms with E-state index in [9.17, 15) is 22.8 Å². The lowest BCUT2D eigenvalue weighted by Crippen LogP contribution is -2.26. The van der Waals surface area contributed by atoms with Crippen molar-refractivity contribution in [2.75, 3.05) is 5.32 Å². The lowest BCUT2D eigenvalue weighted by atomic mass is 10.3. The van der Waals surface area contributed by atoms with Gasteiger partial charge in [0.2, 0.25) is 12.3 Å². The molecule has 136 valence electrons. The maximum absolute atomic E-state index is 13.6. The van der Waals surface area contributed by atoms with Gasteiger partial charge in [0.05, 0.1) is 22.7 Å². The van der Waals surface area contributed by atoms with Crippen LogP contribution in [0.3, 0.4) is 0 Å². The summed E-state index contributed by atoms with van der Waals surface area (Å²) in [6, 6.07) is 2.14. The van der Waals surface area contributed by atoms with E-state index in [4.69, 9.17) is 16.0 Å². The Labute approximate surface area is 152 Å². The first kappa shape index (κ1) is 18.1. The molecule has 3 aromatic heterocycles. The largest absolute Gasteiger partial charge is 0.423 e. The fourth-order valence-corrected chi connectivity index (χ4v) is 3.22. The van der Waals surface area contributed by atoms with Gasteiger partial charge in [-0.15, -0.1) is 21.5 Å². The number of pyridine rings is 1. The smallest absolute Gasteiger partial charge is 0.286 e. The number of nitrogens with one attached hydrogen (secondary N) is 1. The Morgan fingerprint density at radius 2 is 2.19 bits per heavy atom. The van der Waals surface area contributed by atoms with Crippen LogP contribution in [-0.4, -0.2) is 27.1 Å². The van der Waals surface area contributed by atoms with Crippen molar-refractivity contribution in [1.82, 2.24) is 14.8 Å². The molecule has 0 saturated carbocycles. The van der Waals surface area contributed by atoms with Crippen LogP contribution in [0.5, 0.6) is 0 Å². The van der Waals surface area contributed by atoms with Crippen molar-refractivity contribution in [3.8, 4) is 11.5 Å². The second-order valence-corrected chi connectivity index (χ2v) is 6.58. The quantitative estimate of drug-likeness (QED) is 0.705. The van der Waals surface area contributed by atoms with Crippen LogP contribution < -0.4 is 10.9 Å². The molecule has 0 radical (unpaired) electrons. The average molecular weight is 405 g/mol. The van der Waals surface area contributed by atoms with E-state index in [0.717, 1.165) is 30.0 Å². The van der Waals surface area contributed by atoms with Gasteiger partial charge in [0, 0.05) is 12.3 Å². The third-order valence-electron chi connectivity index (χ3n) is 3.14. The summed E-state index contributed by atoms with van der Waals surface area (Å²) in [7, 11) is 0. The zero-order valence-electron chi connectivity index (χ0n) is 12.6. The summed E-state index contributed by atoms with van der Waals surface area (Å²) in [5.41, 5.74) is -1.02. The number of hydrogen-bond acceptors (Lipinski definition) is 6. The summed E-state index contributed by atoms with van der Waals surface area (Å²) in [4.78, 5) is 23.9. The van der Waals surface area contributed by atoms with Gasteiger partial charge < -0.3 is 14.3 Å². The first-order valence-electron chi connectivity index (χ1n) is 6.90. The molecule has 0 unspecified atom stereocenters. The molecule has 0 aromatic carbocycles. The number of anilines is 1. The number of nitrogens with zero attached hydrogens (tertiary/aromatic N) is 3. The second kappa shape index (κ2) is 7.30. The molecule has 26 heavy (non-hydrogen) atoms. The van der Waals surface area contributed by atoms with Crippen LogP contribution in [0, 0.1) is 5.82 Å². The van der Waals surface area contributed by atoms with Crippen molar-refractivity contribution in [2.24, 2.45) is 0 Å². The minimum atomic E-state index is -2.86. The highest BCUT2D eigenvalue weighted by Gasteiger charge is 2.19. The topological polar surface area (TPSA) is 90.0 Å². The lowest BCUT2D eigenvalue weighted by Gasteiger charge is -2.09. The Kier molecular flexibility index (Phi) is 5.09. The van der Waals surface area contributed by atoms with E-state index in [-0.39, 0.29) is 20.8 Å². The summed E-state index contributed by atoms with van der Waals surface area (Å²) in [6.45, 7) is -0.994. The van der Waals surface area contributed by atoms with E-state index in [0.29, 0.717) is 10.1 Å². The van der Waals surface area contributed by atoms with Gasteiger partial charge >= 0.3 is 0 Å². The molecule has 0 atom stereocenters. The van der Waals surface area contributed by atoms with Gasteiger partial charge in [-0.3, -0.25) is 9.59 Å². The normalized spacial score (nSPS) is 11.1. The average Bonchev–Trinajstić information content (AvgIpc) is 3.20. The molecule has 1 N–H and O–H groups in total. The predicted octanol–water partition coefficient (Wildman–Crippen LogP) is 3.27. The SMILES string of the molecule is O=C(Nc1cc(F)c(=O)n(CC(F)F)c1)c1cc(-c2nnco2)c(Cl)s1. The predicted molar refractivity (Wildman–Crippen MR) is 87.2 cm³/mol. The Morgan fingerprint density at radius 1 is 1.42 bits per heavy atom. The molecule has 0 aliphatic carbocycles. The number of thiophene rings is 1.